The van der Waals surface area contributed by atoms with E-state index in [1.165, 1.54) is 24.1 Å². The largest absolute Gasteiger partial charge is 0.481 e. The monoisotopic (exact) mass is 439 g/mol. The van der Waals surface area contributed by atoms with E-state index in [0.717, 1.165) is 0 Å². The second-order valence-corrected chi connectivity index (χ2v) is 7.36. The van der Waals surface area contributed by atoms with E-state index in [2.05, 4.69) is 10.6 Å². The third-order valence-electron chi connectivity index (χ3n) is 5.19. The molecule has 3 N–H and O–H groups in total. The van der Waals surface area contributed by atoms with E-state index >= 15 is 4.39 Å². The zero-order valence-electron chi connectivity index (χ0n) is 17.5. The molecule has 0 aromatic heterocycles. The van der Waals surface area contributed by atoms with Gasteiger partial charge in [-0.25, -0.2) is 9.18 Å². The summed E-state index contributed by atoms with van der Waals surface area (Å²) in [6.07, 6.45) is 0.623. The number of nitrogens with one attached hydrogen (secondary N) is 2. The van der Waals surface area contributed by atoms with Crippen molar-refractivity contribution in [2.24, 2.45) is 0 Å². The molecule has 3 rings (SSSR count). The van der Waals surface area contributed by atoms with Gasteiger partial charge >= 0.3 is 12.0 Å². The van der Waals surface area contributed by atoms with E-state index in [9.17, 15) is 24.3 Å². The highest BCUT2D eigenvalue weighted by atomic mass is 19.1. The first kappa shape index (κ1) is 22.7. The van der Waals surface area contributed by atoms with Crippen molar-refractivity contribution in [3.8, 4) is 11.1 Å². The Morgan fingerprint density at radius 2 is 1.81 bits per heavy atom. The number of carbonyl (C=O) groups excluding carboxylic acids is 3. The van der Waals surface area contributed by atoms with Crippen LogP contribution in [-0.4, -0.2) is 46.8 Å². The number of carbonyl (C=O) groups is 4. The summed E-state index contributed by atoms with van der Waals surface area (Å²) in [6.45, 7) is 1.58. The normalized spacial score (nSPS) is 16.9. The molecule has 9 heteroatoms. The number of benzene rings is 2. The minimum atomic E-state index is -1.45. The Morgan fingerprint density at radius 1 is 1.12 bits per heavy atom. The van der Waals surface area contributed by atoms with Crippen molar-refractivity contribution in [2.75, 3.05) is 7.05 Å². The maximum Gasteiger partial charge on any atom is 0.316 e. The first-order valence-electron chi connectivity index (χ1n) is 9.81. The number of ketones is 1. The lowest BCUT2D eigenvalue weighted by Crippen LogP contribution is -2.56. The lowest BCUT2D eigenvalue weighted by atomic mass is 9.96. The third-order valence-corrected chi connectivity index (χ3v) is 5.19. The van der Waals surface area contributed by atoms with Crippen molar-refractivity contribution in [2.45, 2.75) is 25.4 Å². The second kappa shape index (κ2) is 9.42. The molecule has 2 unspecified atom stereocenters. The summed E-state index contributed by atoms with van der Waals surface area (Å²) in [4.78, 5) is 49.7. The van der Waals surface area contributed by atoms with Gasteiger partial charge < -0.3 is 20.6 Å². The van der Waals surface area contributed by atoms with Gasteiger partial charge in [0.05, 0.1) is 12.5 Å². The third kappa shape index (κ3) is 4.83. The van der Waals surface area contributed by atoms with Crippen LogP contribution < -0.4 is 10.6 Å². The number of rotatable bonds is 6. The summed E-state index contributed by atoms with van der Waals surface area (Å²) in [5.41, 5.74) is 1.25. The van der Waals surface area contributed by atoms with Gasteiger partial charge in [0.2, 0.25) is 0 Å². The Labute approximate surface area is 183 Å². The molecule has 0 radical (unpaired) electrons. The van der Waals surface area contributed by atoms with Crippen LogP contribution in [0.1, 0.15) is 24.9 Å². The van der Waals surface area contributed by atoms with E-state index in [1.54, 1.807) is 49.4 Å². The molecule has 0 spiro atoms. The smallest absolute Gasteiger partial charge is 0.316 e. The molecule has 32 heavy (non-hydrogen) atoms. The van der Waals surface area contributed by atoms with Crippen LogP contribution in [0.5, 0.6) is 0 Å². The fourth-order valence-corrected chi connectivity index (χ4v) is 3.41. The molecular formula is C23H22FN3O5. The molecule has 2 aromatic rings. The summed E-state index contributed by atoms with van der Waals surface area (Å²) >= 11 is 0. The van der Waals surface area contributed by atoms with Gasteiger partial charge in [-0.3, -0.25) is 14.4 Å². The number of likely N-dealkylation sites (N-methyl/N-ethyl adjacent to an activating group) is 1. The first-order chi connectivity index (χ1) is 15.2. The van der Waals surface area contributed by atoms with Crippen LogP contribution in [0, 0.1) is 5.82 Å². The second-order valence-electron chi connectivity index (χ2n) is 7.36. The van der Waals surface area contributed by atoms with Gasteiger partial charge in [0, 0.05) is 29.9 Å². The van der Waals surface area contributed by atoms with Crippen LogP contribution >= 0.6 is 0 Å². The maximum atomic E-state index is 15.3. The van der Waals surface area contributed by atoms with E-state index in [4.69, 9.17) is 0 Å². The molecule has 0 bridgehead atoms. The van der Waals surface area contributed by atoms with Gasteiger partial charge in [0.1, 0.15) is 5.82 Å². The Kier molecular flexibility index (Phi) is 6.67. The fraction of sp³-hybridized carbons (Fsp3) is 0.217. The minimum absolute atomic E-state index is 0.0296. The Hall–Kier alpha value is -4.01. The molecule has 0 fully saturated rings. The highest BCUT2D eigenvalue weighted by Crippen LogP contribution is 2.29. The van der Waals surface area contributed by atoms with Crippen molar-refractivity contribution < 1.29 is 28.7 Å². The predicted octanol–water partition coefficient (Wildman–Crippen LogP) is 2.62. The number of carboxylic acid groups (broad SMARTS) is 1. The SMILES string of the molecule is CC1=CC(=O)C(NC(=O)NC(CC(=O)O)c2cccc(-c3ccccc3)c2F)C(=O)N1C. The summed E-state index contributed by atoms with van der Waals surface area (Å²) in [5, 5.41) is 13.9. The number of halogens is 1. The summed E-state index contributed by atoms with van der Waals surface area (Å²) in [7, 11) is 1.46. The van der Waals surface area contributed by atoms with Crippen LogP contribution in [0.25, 0.3) is 11.1 Å². The minimum Gasteiger partial charge on any atom is -0.481 e. The Morgan fingerprint density at radius 3 is 2.47 bits per heavy atom. The highest BCUT2D eigenvalue weighted by molar-refractivity contribution is 6.14. The van der Waals surface area contributed by atoms with Crippen molar-refractivity contribution in [3.05, 3.63) is 71.7 Å². The fourth-order valence-electron chi connectivity index (χ4n) is 3.41. The number of hydrogen-bond acceptors (Lipinski definition) is 4. The number of urea groups is 1. The van der Waals surface area contributed by atoms with Crippen molar-refractivity contribution in [1.82, 2.24) is 15.5 Å². The van der Waals surface area contributed by atoms with Gasteiger partial charge in [0.15, 0.2) is 11.8 Å². The van der Waals surface area contributed by atoms with Crippen molar-refractivity contribution >= 4 is 23.7 Å². The number of aliphatic carboxylic acids is 1. The molecule has 0 saturated carbocycles. The molecule has 1 aliphatic rings. The Balaban J connectivity index is 1.85. The predicted molar refractivity (Wildman–Crippen MR) is 114 cm³/mol. The molecule has 166 valence electrons. The summed E-state index contributed by atoms with van der Waals surface area (Å²) in [6, 6.07) is 9.53. The maximum absolute atomic E-state index is 15.3. The van der Waals surface area contributed by atoms with Gasteiger partial charge in [-0.2, -0.15) is 0 Å². The number of allylic oxidation sites excluding steroid dienone is 1. The molecule has 8 nitrogen and oxygen atoms in total. The molecule has 0 aliphatic carbocycles. The van der Waals surface area contributed by atoms with Crippen molar-refractivity contribution in [1.29, 1.82) is 0 Å². The molecule has 3 amide bonds. The quantitative estimate of drug-likeness (QED) is 0.599. The number of nitrogens with zero attached hydrogens (tertiary/aromatic N) is 1. The lowest BCUT2D eigenvalue weighted by Gasteiger charge is -2.28. The first-order valence-corrected chi connectivity index (χ1v) is 9.81. The van der Waals surface area contributed by atoms with Crippen molar-refractivity contribution in [3.63, 3.8) is 0 Å². The number of carboxylic acids is 1. The van der Waals surface area contributed by atoms with Crippen LogP contribution in [0.4, 0.5) is 9.18 Å². The van der Waals surface area contributed by atoms with E-state index < -0.39 is 48.0 Å². The average molecular weight is 439 g/mol. The van der Waals surface area contributed by atoms with Gasteiger partial charge in [-0.15, -0.1) is 0 Å². The van der Waals surface area contributed by atoms with Crippen LogP contribution in [0.15, 0.2) is 60.3 Å². The number of amides is 3. The molecule has 2 aromatic carbocycles. The van der Waals surface area contributed by atoms with Gasteiger partial charge in [-0.1, -0.05) is 48.5 Å². The summed E-state index contributed by atoms with van der Waals surface area (Å²) in [5.74, 6) is -3.17. The Bertz CT molecular complexity index is 1100. The molecule has 2 atom stereocenters. The molecule has 1 heterocycles. The van der Waals surface area contributed by atoms with E-state index in [-0.39, 0.29) is 11.1 Å². The van der Waals surface area contributed by atoms with Crippen LogP contribution in [0.3, 0.4) is 0 Å². The highest BCUT2D eigenvalue weighted by Gasteiger charge is 2.35. The average Bonchev–Trinajstić information content (AvgIpc) is 2.75. The zero-order valence-corrected chi connectivity index (χ0v) is 17.5. The van der Waals surface area contributed by atoms with Gasteiger partial charge in [0.25, 0.3) is 5.91 Å². The summed E-state index contributed by atoms with van der Waals surface area (Å²) < 4.78 is 15.3. The zero-order chi connectivity index (χ0) is 23.4. The van der Waals surface area contributed by atoms with Gasteiger partial charge in [-0.05, 0) is 12.5 Å². The van der Waals surface area contributed by atoms with Crippen LogP contribution in [0.2, 0.25) is 0 Å². The lowest BCUT2D eigenvalue weighted by molar-refractivity contribution is -0.138. The van der Waals surface area contributed by atoms with E-state index in [0.29, 0.717) is 11.3 Å². The molecule has 0 saturated heterocycles. The molecule has 1 aliphatic heterocycles. The number of hydrogen-bond donors (Lipinski definition) is 3. The topological polar surface area (TPSA) is 116 Å². The van der Waals surface area contributed by atoms with E-state index in [1.807, 2.05) is 0 Å². The van der Waals surface area contributed by atoms with Crippen LogP contribution in [-0.2, 0) is 14.4 Å². The standard InChI is InChI=1S/C23H22FN3O5/c1-13-11-18(28)21(22(31)27(13)2)26-23(32)25-17(12-19(29)30)16-10-6-9-15(20(16)24)14-7-4-3-5-8-14/h3-11,17,21H,12H2,1-2H3,(H,29,30)(H2,25,26,32). The molecular weight excluding hydrogens is 417 g/mol.